The smallest absolute Gasteiger partial charge is 0.139 e. The van der Waals surface area contributed by atoms with E-state index in [1.54, 1.807) is 0 Å². The van der Waals surface area contributed by atoms with Crippen molar-refractivity contribution in [2.24, 2.45) is 0 Å². The number of hydrogen-bond donors (Lipinski definition) is 0. The summed E-state index contributed by atoms with van der Waals surface area (Å²) in [6, 6.07) is 14.4. The minimum atomic E-state index is 0.604. The lowest BCUT2D eigenvalue weighted by Crippen LogP contribution is -2.08. The molecule has 0 radical (unpaired) electrons. The van der Waals surface area contributed by atoms with Crippen LogP contribution in [0.5, 0.6) is 0 Å². The third-order valence-corrected chi connectivity index (χ3v) is 4.88. The molecule has 22 heavy (non-hydrogen) atoms. The fraction of sp³-hybridized carbons (Fsp3) is 0.316. The second kappa shape index (κ2) is 5.77. The van der Waals surface area contributed by atoms with Gasteiger partial charge in [-0.3, -0.25) is 0 Å². The number of pyridine rings is 1. The number of fused-ring (bicyclic) bond motifs is 1. The normalized spacial score (nSPS) is 16.2. The van der Waals surface area contributed by atoms with E-state index in [9.17, 15) is 0 Å². The molecule has 1 aliphatic rings. The van der Waals surface area contributed by atoms with Gasteiger partial charge in [-0.15, -0.1) is 0 Å². The summed E-state index contributed by atoms with van der Waals surface area (Å²) in [6.45, 7) is 0. The van der Waals surface area contributed by atoms with E-state index in [-0.39, 0.29) is 0 Å². The van der Waals surface area contributed by atoms with Crippen LogP contribution in [0.25, 0.3) is 16.9 Å². The fourth-order valence-corrected chi connectivity index (χ4v) is 3.75. The van der Waals surface area contributed by atoms with E-state index in [1.165, 1.54) is 37.8 Å². The molecule has 1 aliphatic carbocycles. The molecule has 4 rings (SSSR count). The third-order valence-electron chi connectivity index (χ3n) is 4.66. The van der Waals surface area contributed by atoms with E-state index >= 15 is 0 Å². The summed E-state index contributed by atoms with van der Waals surface area (Å²) in [5.74, 6) is 0.604. The van der Waals surface area contributed by atoms with E-state index in [0.717, 1.165) is 21.9 Å². The van der Waals surface area contributed by atoms with Crippen molar-refractivity contribution < 1.29 is 0 Å². The maximum atomic E-state index is 6.34. The average Bonchev–Trinajstić information content (AvgIpc) is 2.99. The van der Waals surface area contributed by atoms with Gasteiger partial charge in [-0.1, -0.05) is 61.2 Å². The fourth-order valence-electron chi connectivity index (χ4n) is 3.54. The Hall–Kier alpha value is -1.80. The van der Waals surface area contributed by atoms with Gasteiger partial charge in [-0.05, 0) is 24.8 Å². The van der Waals surface area contributed by atoms with Crippen molar-refractivity contribution in [1.82, 2.24) is 9.38 Å². The monoisotopic (exact) mass is 310 g/mol. The Bertz CT molecular complexity index is 786. The minimum absolute atomic E-state index is 0.604. The molecular weight excluding hydrogens is 292 g/mol. The molecule has 0 amide bonds. The predicted molar refractivity (Wildman–Crippen MR) is 91.5 cm³/mol. The molecule has 1 fully saturated rings. The average molecular weight is 311 g/mol. The van der Waals surface area contributed by atoms with Crippen LogP contribution in [-0.4, -0.2) is 9.38 Å². The number of aromatic nitrogens is 2. The first-order chi connectivity index (χ1) is 10.8. The van der Waals surface area contributed by atoms with Crippen molar-refractivity contribution >= 4 is 17.2 Å². The molecule has 112 valence electrons. The Balaban J connectivity index is 1.84. The Morgan fingerprint density at radius 1 is 1.00 bits per heavy atom. The zero-order valence-electron chi connectivity index (χ0n) is 12.5. The van der Waals surface area contributed by atoms with E-state index < -0.39 is 0 Å². The first-order valence-electron chi connectivity index (χ1n) is 8.05. The van der Waals surface area contributed by atoms with Gasteiger partial charge in [0.15, 0.2) is 0 Å². The van der Waals surface area contributed by atoms with Gasteiger partial charge >= 0.3 is 0 Å². The van der Waals surface area contributed by atoms with Crippen LogP contribution in [0.4, 0.5) is 0 Å². The Morgan fingerprint density at radius 3 is 2.55 bits per heavy atom. The van der Waals surface area contributed by atoms with Crippen molar-refractivity contribution in [1.29, 1.82) is 0 Å². The van der Waals surface area contributed by atoms with Crippen LogP contribution in [0.3, 0.4) is 0 Å². The molecule has 0 aliphatic heterocycles. The maximum Gasteiger partial charge on any atom is 0.139 e. The predicted octanol–water partition coefficient (Wildman–Crippen LogP) is 5.70. The molecule has 1 aromatic carbocycles. The van der Waals surface area contributed by atoms with E-state index in [2.05, 4.69) is 28.8 Å². The van der Waals surface area contributed by atoms with E-state index in [4.69, 9.17) is 16.6 Å². The van der Waals surface area contributed by atoms with Gasteiger partial charge in [-0.25, -0.2) is 4.98 Å². The van der Waals surface area contributed by atoms with Gasteiger partial charge in [0.1, 0.15) is 5.65 Å². The number of halogens is 1. The number of rotatable bonds is 2. The molecular formula is C19H19ClN2. The van der Waals surface area contributed by atoms with Crippen molar-refractivity contribution in [2.75, 3.05) is 0 Å². The quantitative estimate of drug-likeness (QED) is 0.593. The summed E-state index contributed by atoms with van der Waals surface area (Å²) in [5, 5.41) is 0.790. The van der Waals surface area contributed by atoms with Gasteiger partial charge in [-0.2, -0.15) is 0 Å². The first kappa shape index (κ1) is 13.8. The Morgan fingerprint density at radius 2 is 1.77 bits per heavy atom. The number of hydrogen-bond acceptors (Lipinski definition) is 1. The van der Waals surface area contributed by atoms with Crippen LogP contribution >= 0.6 is 11.6 Å². The van der Waals surface area contributed by atoms with Crippen LogP contribution < -0.4 is 0 Å². The SMILES string of the molecule is Clc1cc(C2CCCCC2)n2cc(-c3ccccc3)nc2c1. The second-order valence-electron chi connectivity index (χ2n) is 6.15. The largest absolute Gasteiger partial charge is 0.303 e. The second-order valence-corrected chi connectivity index (χ2v) is 6.59. The number of imidazole rings is 1. The molecule has 2 aromatic heterocycles. The minimum Gasteiger partial charge on any atom is -0.303 e. The molecule has 0 bridgehead atoms. The number of nitrogens with zero attached hydrogens (tertiary/aromatic N) is 2. The summed E-state index contributed by atoms with van der Waals surface area (Å²) in [5.41, 5.74) is 4.43. The maximum absolute atomic E-state index is 6.34. The lowest BCUT2D eigenvalue weighted by Gasteiger charge is -2.23. The zero-order valence-corrected chi connectivity index (χ0v) is 13.3. The molecule has 0 atom stereocenters. The van der Waals surface area contributed by atoms with Crippen molar-refractivity contribution in [3.8, 4) is 11.3 Å². The highest BCUT2D eigenvalue weighted by Crippen LogP contribution is 2.35. The standard InChI is InChI=1S/C19H19ClN2/c20-16-11-18(15-9-5-2-6-10-15)22-13-17(21-19(22)12-16)14-7-3-1-4-8-14/h1,3-4,7-8,11-13,15H,2,5-6,9-10H2. The summed E-state index contributed by atoms with van der Waals surface area (Å²) >= 11 is 6.34. The van der Waals surface area contributed by atoms with E-state index in [0.29, 0.717) is 5.92 Å². The zero-order chi connectivity index (χ0) is 14.9. The van der Waals surface area contributed by atoms with Crippen molar-refractivity contribution in [2.45, 2.75) is 38.0 Å². The van der Waals surface area contributed by atoms with Gasteiger partial charge in [0, 0.05) is 28.5 Å². The number of benzene rings is 1. The van der Waals surface area contributed by atoms with Crippen LogP contribution in [0.1, 0.15) is 43.7 Å². The lowest BCUT2D eigenvalue weighted by atomic mass is 9.86. The summed E-state index contributed by atoms with van der Waals surface area (Å²) in [4.78, 5) is 4.78. The highest BCUT2D eigenvalue weighted by molar-refractivity contribution is 6.30. The van der Waals surface area contributed by atoms with Crippen LogP contribution in [0.2, 0.25) is 5.02 Å². The summed E-state index contributed by atoms with van der Waals surface area (Å²) < 4.78 is 2.24. The van der Waals surface area contributed by atoms with E-state index in [1.807, 2.05) is 24.3 Å². The first-order valence-corrected chi connectivity index (χ1v) is 8.43. The molecule has 2 heterocycles. The molecule has 0 spiro atoms. The Labute approximate surface area is 135 Å². The molecule has 1 saturated carbocycles. The lowest BCUT2D eigenvalue weighted by molar-refractivity contribution is 0.434. The van der Waals surface area contributed by atoms with Crippen LogP contribution in [0, 0.1) is 0 Å². The van der Waals surface area contributed by atoms with Gasteiger partial charge in [0.2, 0.25) is 0 Å². The van der Waals surface area contributed by atoms with Gasteiger partial charge in [0.05, 0.1) is 5.69 Å². The highest BCUT2D eigenvalue weighted by Gasteiger charge is 2.19. The third kappa shape index (κ3) is 2.52. The highest BCUT2D eigenvalue weighted by atomic mass is 35.5. The van der Waals surface area contributed by atoms with Crippen LogP contribution in [0.15, 0.2) is 48.7 Å². The van der Waals surface area contributed by atoms with Gasteiger partial charge < -0.3 is 4.40 Å². The van der Waals surface area contributed by atoms with Crippen molar-refractivity contribution in [3.63, 3.8) is 0 Å². The topological polar surface area (TPSA) is 17.3 Å². The van der Waals surface area contributed by atoms with Crippen molar-refractivity contribution in [3.05, 3.63) is 59.4 Å². The molecule has 0 saturated heterocycles. The molecule has 0 N–H and O–H groups in total. The van der Waals surface area contributed by atoms with Crippen LogP contribution in [-0.2, 0) is 0 Å². The molecule has 2 nitrogen and oxygen atoms in total. The Kier molecular flexibility index (Phi) is 3.63. The summed E-state index contributed by atoms with van der Waals surface area (Å²) in [7, 11) is 0. The summed E-state index contributed by atoms with van der Waals surface area (Å²) in [6.07, 6.45) is 8.67. The molecule has 0 unspecified atom stereocenters. The molecule has 3 aromatic rings. The molecule has 3 heteroatoms. The van der Waals surface area contributed by atoms with Gasteiger partial charge in [0.25, 0.3) is 0 Å².